The summed E-state index contributed by atoms with van der Waals surface area (Å²) >= 11 is 0. The van der Waals surface area contributed by atoms with E-state index in [0.717, 1.165) is 11.1 Å². The van der Waals surface area contributed by atoms with Crippen LogP contribution in [0.3, 0.4) is 0 Å². The van der Waals surface area contributed by atoms with Crippen molar-refractivity contribution in [1.29, 1.82) is 0 Å². The quantitative estimate of drug-likeness (QED) is 0.308. The molecule has 0 aliphatic heterocycles. The average Bonchev–Trinajstić information content (AvgIpc) is 2.92. The highest BCUT2D eigenvalue weighted by Gasteiger charge is 2.29. The average molecular weight is 519 g/mol. The van der Waals surface area contributed by atoms with Gasteiger partial charge >= 0.3 is 0 Å². The second-order valence-electron chi connectivity index (χ2n) is 8.44. The molecule has 0 spiro atoms. The number of methoxy groups -OCH3 is 1. The number of ether oxygens (including phenoxy) is 1. The summed E-state index contributed by atoms with van der Waals surface area (Å²) in [5.41, 5.74) is 1.92. The third-order valence-electron chi connectivity index (χ3n) is 5.95. The summed E-state index contributed by atoms with van der Waals surface area (Å²) in [6.45, 7) is 1.80. The molecule has 0 aliphatic carbocycles. The minimum atomic E-state index is -4.06. The summed E-state index contributed by atoms with van der Waals surface area (Å²) in [6, 6.07) is 27.3. The van der Waals surface area contributed by atoms with Gasteiger partial charge in [0.15, 0.2) is 0 Å². The van der Waals surface area contributed by atoms with Crippen LogP contribution < -0.4 is 14.4 Å². The zero-order valence-corrected chi connectivity index (χ0v) is 21.3. The van der Waals surface area contributed by atoms with E-state index in [1.165, 1.54) is 35.7 Å². The van der Waals surface area contributed by atoms with E-state index in [1.54, 1.807) is 55.5 Å². The van der Waals surface area contributed by atoms with Crippen molar-refractivity contribution in [3.8, 4) is 5.75 Å². The number of benzene rings is 4. The van der Waals surface area contributed by atoms with Crippen molar-refractivity contribution in [2.24, 2.45) is 0 Å². The molecule has 0 saturated heterocycles. The summed E-state index contributed by atoms with van der Waals surface area (Å²) in [6.07, 6.45) is 0. The van der Waals surface area contributed by atoms with E-state index in [1.807, 2.05) is 30.3 Å². The number of amides is 1. The van der Waals surface area contributed by atoms with E-state index >= 15 is 0 Å². The van der Waals surface area contributed by atoms with Crippen LogP contribution >= 0.6 is 0 Å². The van der Waals surface area contributed by atoms with Crippen LogP contribution in [0.4, 0.5) is 10.1 Å². The van der Waals surface area contributed by atoms with Gasteiger partial charge in [-0.05, 0) is 66.6 Å². The number of carbonyl (C=O) groups excluding carboxylic acids is 1. The first-order valence-corrected chi connectivity index (χ1v) is 13.1. The van der Waals surface area contributed by atoms with Crippen molar-refractivity contribution in [3.05, 3.63) is 126 Å². The highest BCUT2D eigenvalue weighted by molar-refractivity contribution is 7.92. The molecule has 4 aromatic rings. The van der Waals surface area contributed by atoms with Gasteiger partial charge in [-0.1, -0.05) is 54.6 Å². The molecule has 37 heavy (non-hydrogen) atoms. The number of hydrogen-bond donors (Lipinski definition) is 1. The van der Waals surface area contributed by atoms with Crippen molar-refractivity contribution >= 4 is 21.6 Å². The Bertz CT molecular complexity index is 1460. The van der Waals surface area contributed by atoms with Gasteiger partial charge in [0.1, 0.15) is 11.6 Å². The van der Waals surface area contributed by atoms with Crippen molar-refractivity contribution in [1.82, 2.24) is 5.32 Å². The summed E-state index contributed by atoms with van der Waals surface area (Å²) in [4.78, 5) is 13.5. The molecule has 0 radical (unpaired) electrons. The Balaban J connectivity index is 1.73. The molecule has 4 rings (SSSR count). The molecule has 0 bridgehead atoms. The standard InChI is InChI=1S/C29H27FN2O4S/c1-21(23-12-14-24(30)15-13-23)31-29(33)27-10-6-7-11-28(27)32(20-22-8-4-3-5-9-22)37(34,35)26-18-16-25(36-2)17-19-26/h3-19,21H,20H2,1-2H3,(H,31,33). The predicted octanol–water partition coefficient (Wildman–Crippen LogP) is 5.72. The molecule has 190 valence electrons. The van der Waals surface area contributed by atoms with Crippen LogP contribution in [0.2, 0.25) is 0 Å². The first-order chi connectivity index (χ1) is 17.8. The lowest BCUT2D eigenvalue weighted by Gasteiger charge is -2.27. The Morgan fingerprint density at radius 2 is 1.51 bits per heavy atom. The van der Waals surface area contributed by atoms with Gasteiger partial charge < -0.3 is 10.1 Å². The highest BCUT2D eigenvalue weighted by atomic mass is 32.2. The zero-order chi connectivity index (χ0) is 26.4. The minimum absolute atomic E-state index is 0.0208. The van der Waals surface area contributed by atoms with Gasteiger partial charge in [-0.2, -0.15) is 0 Å². The Hall–Kier alpha value is -4.17. The molecule has 1 unspecified atom stereocenters. The van der Waals surface area contributed by atoms with Crippen molar-refractivity contribution in [2.75, 3.05) is 11.4 Å². The maximum atomic E-state index is 13.9. The van der Waals surface area contributed by atoms with E-state index in [-0.39, 0.29) is 28.5 Å². The predicted molar refractivity (Wildman–Crippen MR) is 142 cm³/mol. The fraction of sp³-hybridized carbons (Fsp3) is 0.138. The topological polar surface area (TPSA) is 75.7 Å². The monoisotopic (exact) mass is 518 g/mol. The molecule has 0 saturated carbocycles. The smallest absolute Gasteiger partial charge is 0.264 e. The van der Waals surface area contributed by atoms with E-state index in [4.69, 9.17) is 4.74 Å². The van der Waals surface area contributed by atoms with Crippen molar-refractivity contribution in [2.45, 2.75) is 24.4 Å². The molecule has 1 N–H and O–H groups in total. The zero-order valence-electron chi connectivity index (χ0n) is 20.5. The SMILES string of the molecule is COc1ccc(S(=O)(=O)N(Cc2ccccc2)c2ccccc2C(=O)NC(C)c2ccc(F)cc2)cc1. The van der Waals surface area contributed by atoms with Crippen LogP contribution in [0.1, 0.15) is 34.5 Å². The summed E-state index contributed by atoms with van der Waals surface area (Å²) in [5.74, 6) is -0.286. The third kappa shape index (κ3) is 5.98. The van der Waals surface area contributed by atoms with Crippen LogP contribution in [-0.4, -0.2) is 21.4 Å². The molecule has 0 aliphatic rings. The fourth-order valence-corrected chi connectivity index (χ4v) is 5.39. The van der Waals surface area contributed by atoms with E-state index in [2.05, 4.69) is 5.32 Å². The Morgan fingerprint density at radius 3 is 2.16 bits per heavy atom. The van der Waals surface area contributed by atoms with E-state index in [0.29, 0.717) is 5.75 Å². The van der Waals surface area contributed by atoms with Gasteiger partial charge in [0.25, 0.3) is 15.9 Å². The number of nitrogens with one attached hydrogen (secondary N) is 1. The highest BCUT2D eigenvalue weighted by Crippen LogP contribution is 2.30. The first kappa shape index (κ1) is 25.9. The second-order valence-corrected chi connectivity index (χ2v) is 10.3. The van der Waals surface area contributed by atoms with Crippen LogP contribution in [-0.2, 0) is 16.6 Å². The number of hydrogen-bond acceptors (Lipinski definition) is 4. The van der Waals surface area contributed by atoms with Crippen LogP contribution in [0.15, 0.2) is 108 Å². The van der Waals surface area contributed by atoms with Crippen LogP contribution in [0.25, 0.3) is 0 Å². The van der Waals surface area contributed by atoms with Gasteiger partial charge in [-0.3, -0.25) is 9.10 Å². The summed E-state index contributed by atoms with van der Waals surface area (Å²) in [7, 11) is -2.56. The van der Waals surface area contributed by atoms with Crippen molar-refractivity contribution in [3.63, 3.8) is 0 Å². The summed E-state index contributed by atoms with van der Waals surface area (Å²) in [5, 5.41) is 2.90. The Morgan fingerprint density at radius 1 is 0.892 bits per heavy atom. The molecular formula is C29H27FN2O4S. The Labute approximate surface area is 216 Å². The molecule has 1 atom stereocenters. The number of anilines is 1. The van der Waals surface area contributed by atoms with Crippen LogP contribution in [0.5, 0.6) is 5.75 Å². The molecule has 8 heteroatoms. The maximum Gasteiger partial charge on any atom is 0.264 e. The molecule has 1 amide bonds. The largest absolute Gasteiger partial charge is 0.497 e. The lowest BCUT2D eigenvalue weighted by atomic mass is 10.1. The van der Waals surface area contributed by atoms with Gasteiger partial charge in [-0.15, -0.1) is 0 Å². The molecular weight excluding hydrogens is 491 g/mol. The fourth-order valence-electron chi connectivity index (χ4n) is 3.92. The minimum Gasteiger partial charge on any atom is -0.497 e. The van der Waals surface area contributed by atoms with Gasteiger partial charge in [0.2, 0.25) is 0 Å². The number of nitrogens with zero attached hydrogens (tertiary/aromatic N) is 1. The normalized spacial score (nSPS) is 12.0. The maximum absolute atomic E-state index is 13.9. The third-order valence-corrected chi connectivity index (χ3v) is 7.73. The first-order valence-electron chi connectivity index (χ1n) is 11.7. The molecule has 6 nitrogen and oxygen atoms in total. The van der Waals surface area contributed by atoms with E-state index < -0.39 is 22.0 Å². The molecule has 0 heterocycles. The van der Waals surface area contributed by atoms with E-state index in [9.17, 15) is 17.6 Å². The number of rotatable bonds is 9. The number of halogens is 1. The van der Waals surface area contributed by atoms with Gasteiger partial charge in [-0.25, -0.2) is 12.8 Å². The lowest BCUT2D eigenvalue weighted by molar-refractivity contribution is 0.0940. The molecule has 0 fully saturated rings. The van der Waals surface area contributed by atoms with Crippen LogP contribution in [0, 0.1) is 5.82 Å². The Kier molecular flexibility index (Phi) is 7.89. The molecule has 0 aromatic heterocycles. The number of carbonyl (C=O) groups is 1. The number of para-hydroxylation sites is 1. The molecule has 4 aromatic carbocycles. The second kappa shape index (κ2) is 11.3. The lowest BCUT2D eigenvalue weighted by Crippen LogP contribution is -2.34. The van der Waals surface area contributed by atoms with Crippen molar-refractivity contribution < 1.29 is 22.3 Å². The number of sulfonamides is 1. The van der Waals surface area contributed by atoms with Gasteiger partial charge in [0, 0.05) is 0 Å². The summed E-state index contributed by atoms with van der Waals surface area (Å²) < 4.78 is 47.6. The van der Waals surface area contributed by atoms with Gasteiger partial charge in [0.05, 0.1) is 35.8 Å².